The standard InChI is InChI=1S/C14H24N2/c1-3-4-5-6-9-14(15-2)11-13-8-7-10-16-12-13/h7-8,10,12,14-15H,3-6,9,11H2,1-2H3. The van der Waals surface area contributed by atoms with E-state index in [-0.39, 0.29) is 0 Å². The van der Waals surface area contributed by atoms with Crippen LogP contribution in [0.1, 0.15) is 44.6 Å². The molecule has 0 fully saturated rings. The molecule has 2 nitrogen and oxygen atoms in total. The van der Waals surface area contributed by atoms with Gasteiger partial charge in [0.25, 0.3) is 0 Å². The summed E-state index contributed by atoms with van der Waals surface area (Å²) in [6, 6.07) is 4.77. The highest BCUT2D eigenvalue weighted by molar-refractivity contribution is 5.10. The van der Waals surface area contributed by atoms with Crippen LogP contribution in [0.25, 0.3) is 0 Å². The first kappa shape index (κ1) is 13.2. The summed E-state index contributed by atoms with van der Waals surface area (Å²) in [6.45, 7) is 2.26. The van der Waals surface area contributed by atoms with Crippen LogP contribution in [-0.2, 0) is 6.42 Å². The molecule has 0 aliphatic carbocycles. The molecule has 90 valence electrons. The zero-order chi connectivity index (χ0) is 11.6. The highest BCUT2D eigenvalue weighted by atomic mass is 14.9. The van der Waals surface area contributed by atoms with Gasteiger partial charge in [0.1, 0.15) is 0 Å². The predicted octanol–water partition coefficient (Wildman–Crippen LogP) is 3.18. The van der Waals surface area contributed by atoms with E-state index >= 15 is 0 Å². The van der Waals surface area contributed by atoms with Gasteiger partial charge in [-0.05, 0) is 31.5 Å². The lowest BCUT2D eigenvalue weighted by Gasteiger charge is -2.15. The predicted molar refractivity (Wildman–Crippen MR) is 69.5 cm³/mol. The van der Waals surface area contributed by atoms with E-state index in [4.69, 9.17) is 0 Å². The van der Waals surface area contributed by atoms with Gasteiger partial charge < -0.3 is 5.32 Å². The van der Waals surface area contributed by atoms with Crippen molar-refractivity contribution in [3.63, 3.8) is 0 Å². The maximum atomic E-state index is 4.15. The van der Waals surface area contributed by atoms with Crippen LogP contribution in [0, 0.1) is 0 Å². The van der Waals surface area contributed by atoms with Crippen LogP contribution in [0.4, 0.5) is 0 Å². The number of nitrogens with one attached hydrogen (secondary N) is 1. The Morgan fingerprint density at radius 1 is 1.31 bits per heavy atom. The van der Waals surface area contributed by atoms with E-state index in [0.717, 1.165) is 6.42 Å². The minimum atomic E-state index is 0.598. The molecule has 1 heterocycles. The Balaban J connectivity index is 2.26. The van der Waals surface area contributed by atoms with Gasteiger partial charge in [0.2, 0.25) is 0 Å². The summed E-state index contributed by atoms with van der Waals surface area (Å²) in [4.78, 5) is 4.15. The Bertz CT molecular complexity index is 259. The van der Waals surface area contributed by atoms with Gasteiger partial charge in [0.05, 0.1) is 0 Å². The van der Waals surface area contributed by atoms with Gasteiger partial charge in [-0.2, -0.15) is 0 Å². The van der Waals surface area contributed by atoms with Crippen molar-refractivity contribution in [1.29, 1.82) is 0 Å². The minimum absolute atomic E-state index is 0.598. The fraction of sp³-hybridized carbons (Fsp3) is 0.643. The number of aromatic nitrogens is 1. The molecule has 0 aliphatic heterocycles. The third-order valence-electron chi connectivity index (χ3n) is 3.02. The number of nitrogens with zero attached hydrogens (tertiary/aromatic N) is 1. The quantitative estimate of drug-likeness (QED) is 0.681. The van der Waals surface area contributed by atoms with Crippen LogP contribution in [0.2, 0.25) is 0 Å². The van der Waals surface area contributed by atoms with Crippen LogP contribution in [0.3, 0.4) is 0 Å². The van der Waals surface area contributed by atoms with Crippen molar-refractivity contribution in [3.05, 3.63) is 30.1 Å². The van der Waals surface area contributed by atoms with Crippen molar-refractivity contribution in [2.24, 2.45) is 0 Å². The van der Waals surface area contributed by atoms with E-state index in [9.17, 15) is 0 Å². The fourth-order valence-corrected chi connectivity index (χ4v) is 1.97. The van der Waals surface area contributed by atoms with Gasteiger partial charge >= 0.3 is 0 Å². The van der Waals surface area contributed by atoms with Crippen LogP contribution in [-0.4, -0.2) is 18.1 Å². The molecule has 0 aromatic carbocycles. The van der Waals surface area contributed by atoms with E-state index in [2.05, 4.69) is 30.3 Å². The van der Waals surface area contributed by atoms with Crippen molar-refractivity contribution >= 4 is 0 Å². The first-order valence-electron chi connectivity index (χ1n) is 6.43. The molecule has 1 rings (SSSR count). The average molecular weight is 220 g/mol. The van der Waals surface area contributed by atoms with Gasteiger partial charge in [-0.3, -0.25) is 4.98 Å². The minimum Gasteiger partial charge on any atom is -0.317 e. The van der Waals surface area contributed by atoms with E-state index in [1.54, 1.807) is 0 Å². The number of unbranched alkanes of at least 4 members (excludes halogenated alkanes) is 3. The Morgan fingerprint density at radius 3 is 2.81 bits per heavy atom. The van der Waals surface area contributed by atoms with Crippen molar-refractivity contribution in [3.8, 4) is 0 Å². The van der Waals surface area contributed by atoms with E-state index in [1.165, 1.54) is 37.7 Å². The van der Waals surface area contributed by atoms with Crippen LogP contribution < -0.4 is 5.32 Å². The highest BCUT2D eigenvalue weighted by Crippen LogP contribution is 2.09. The van der Waals surface area contributed by atoms with Gasteiger partial charge in [-0.15, -0.1) is 0 Å². The molecule has 0 saturated heterocycles. The topological polar surface area (TPSA) is 24.9 Å². The molecule has 16 heavy (non-hydrogen) atoms. The monoisotopic (exact) mass is 220 g/mol. The largest absolute Gasteiger partial charge is 0.317 e. The number of pyridine rings is 1. The van der Waals surface area contributed by atoms with Gasteiger partial charge in [0, 0.05) is 18.4 Å². The molecule has 0 saturated carbocycles. The Morgan fingerprint density at radius 2 is 2.19 bits per heavy atom. The zero-order valence-electron chi connectivity index (χ0n) is 10.6. The normalized spacial score (nSPS) is 12.6. The zero-order valence-corrected chi connectivity index (χ0v) is 10.6. The molecule has 0 spiro atoms. The molecule has 0 radical (unpaired) electrons. The fourth-order valence-electron chi connectivity index (χ4n) is 1.97. The molecule has 1 atom stereocenters. The number of hydrogen-bond donors (Lipinski definition) is 1. The summed E-state index contributed by atoms with van der Waals surface area (Å²) in [5, 5.41) is 3.40. The molecule has 0 bridgehead atoms. The summed E-state index contributed by atoms with van der Waals surface area (Å²) >= 11 is 0. The molecule has 1 unspecified atom stereocenters. The molecular formula is C14H24N2. The maximum Gasteiger partial charge on any atom is 0.0300 e. The lowest BCUT2D eigenvalue weighted by molar-refractivity contribution is 0.484. The summed E-state index contributed by atoms with van der Waals surface area (Å²) in [5.41, 5.74) is 1.33. The summed E-state index contributed by atoms with van der Waals surface area (Å²) in [7, 11) is 2.06. The second-order valence-electron chi connectivity index (χ2n) is 4.40. The number of likely N-dealkylation sites (N-methyl/N-ethyl adjacent to an activating group) is 1. The van der Waals surface area contributed by atoms with Crippen LogP contribution in [0.15, 0.2) is 24.5 Å². The molecule has 0 aliphatic rings. The molecule has 1 aromatic rings. The van der Waals surface area contributed by atoms with Gasteiger partial charge in [0.15, 0.2) is 0 Å². The third kappa shape index (κ3) is 5.26. The lowest BCUT2D eigenvalue weighted by atomic mass is 10.0. The number of rotatable bonds is 8. The highest BCUT2D eigenvalue weighted by Gasteiger charge is 2.06. The Labute approximate surface area is 99.5 Å². The van der Waals surface area contributed by atoms with Gasteiger partial charge in [-0.1, -0.05) is 38.7 Å². The smallest absolute Gasteiger partial charge is 0.0300 e. The molecule has 0 amide bonds. The SMILES string of the molecule is CCCCCCC(Cc1cccnc1)NC. The first-order valence-corrected chi connectivity index (χ1v) is 6.43. The van der Waals surface area contributed by atoms with E-state index in [1.807, 2.05) is 18.5 Å². The summed E-state index contributed by atoms with van der Waals surface area (Å²) < 4.78 is 0. The average Bonchev–Trinajstić information content (AvgIpc) is 2.34. The van der Waals surface area contributed by atoms with Crippen molar-refractivity contribution < 1.29 is 0 Å². The van der Waals surface area contributed by atoms with Gasteiger partial charge in [-0.25, -0.2) is 0 Å². The first-order chi connectivity index (χ1) is 7.86. The second kappa shape index (κ2) is 8.28. The lowest BCUT2D eigenvalue weighted by Crippen LogP contribution is -2.27. The van der Waals surface area contributed by atoms with E-state index in [0.29, 0.717) is 6.04 Å². The molecule has 1 N–H and O–H groups in total. The van der Waals surface area contributed by atoms with Crippen LogP contribution >= 0.6 is 0 Å². The van der Waals surface area contributed by atoms with Crippen LogP contribution in [0.5, 0.6) is 0 Å². The molecule has 2 heteroatoms. The summed E-state index contributed by atoms with van der Waals surface area (Å²) in [5.74, 6) is 0. The van der Waals surface area contributed by atoms with Crippen molar-refractivity contribution in [2.75, 3.05) is 7.05 Å². The Kier molecular flexibility index (Phi) is 6.82. The maximum absolute atomic E-state index is 4.15. The Hall–Kier alpha value is -0.890. The van der Waals surface area contributed by atoms with Crippen molar-refractivity contribution in [2.45, 2.75) is 51.5 Å². The second-order valence-corrected chi connectivity index (χ2v) is 4.40. The third-order valence-corrected chi connectivity index (χ3v) is 3.02. The summed E-state index contributed by atoms with van der Waals surface area (Å²) in [6.07, 6.45) is 11.5. The number of hydrogen-bond acceptors (Lipinski definition) is 2. The van der Waals surface area contributed by atoms with E-state index < -0.39 is 0 Å². The molecular weight excluding hydrogens is 196 g/mol. The molecule has 1 aromatic heterocycles. The van der Waals surface area contributed by atoms with Crippen molar-refractivity contribution in [1.82, 2.24) is 10.3 Å².